The van der Waals surface area contributed by atoms with E-state index in [9.17, 15) is 24.0 Å². The van der Waals surface area contributed by atoms with Crippen molar-refractivity contribution in [1.82, 2.24) is 10.2 Å². The summed E-state index contributed by atoms with van der Waals surface area (Å²) in [5.74, 6) is -3.28. The smallest absolute Gasteiger partial charge is 0.435 e. The number of methoxy groups -OCH3 is 1. The number of esters is 1. The number of nitrogens with zero attached hydrogens (tertiary/aromatic N) is 1. The fourth-order valence-corrected chi connectivity index (χ4v) is 4.52. The van der Waals surface area contributed by atoms with Crippen molar-refractivity contribution in [2.75, 3.05) is 39.5 Å². The molecule has 188 valence electrons. The molecule has 3 atom stereocenters. The lowest BCUT2D eigenvalue weighted by molar-refractivity contribution is -0.158. The zero-order valence-corrected chi connectivity index (χ0v) is 20.2. The van der Waals surface area contributed by atoms with Gasteiger partial charge in [0.25, 0.3) is 11.8 Å². The SMILES string of the molecule is CCOC(=O)OCOC(=O)C1=C(COC)CS[C@@H]2C(NC(=O)C(OCC)C(=O)C(=N)Cl)C(=O)N12. The summed E-state index contributed by atoms with van der Waals surface area (Å²) in [5.41, 5.74) is 0.370. The predicted octanol–water partition coefficient (Wildman–Crippen LogP) is 0.151. The maximum Gasteiger partial charge on any atom is 0.511 e. The van der Waals surface area contributed by atoms with Gasteiger partial charge in [0.2, 0.25) is 18.7 Å². The molecule has 0 aliphatic carbocycles. The van der Waals surface area contributed by atoms with Gasteiger partial charge in [0.1, 0.15) is 17.1 Å². The minimum absolute atomic E-state index is 0.0100. The van der Waals surface area contributed by atoms with Crippen LogP contribution >= 0.6 is 23.4 Å². The quantitative estimate of drug-likeness (QED) is 0.118. The number of fused-ring (bicyclic) bond motifs is 1. The molecule has 2 unspecified atom stereocenters. The Morgan fingerprint density at radius 1 is 1.21 bits per heavy atom. The summed E-state index contributed by atoms with van der Waals surface area (Å²) in [6.07, 6.45) is -2.71. The molecule has 2 rings (SSSR count). The number of nitrogens with one attached hydrogen (secondary N) is 2. The van der Waals surface area contributed by atoms with Crippen LogP contribution in [0, 0.1) is 5.41 Å². The van der Waals surface area contributed by atoms with Crippen LogP contribution in [-0.2, 0) is 42.9 Å². The van der Waals surface area contributed by atoms with Crippen molar-refractivity contribution in [1.29, 1.82) is 5.41 Å². The summed E-state index contributed by atoms with van der Waals surface area (Å²) in [6, 6.07) is -1.07. The number of β-lactam (4-membered cyclic amide) rings is 1. The number of thioether (sulfide) groups is 1. The normalized spacial score (nSPS) is 20.0. The standard InChI is InChI=1S/C19H24ClN3O10S/c1-4-30-13(12(24)14(20)21)15(25)22-10-16(26)23-11(9(6-29-3)7-34-17(10)23)18(27)32-8-33-19(28)31-5-2/h10,13,17,21H,4-8H2,1-3H3,(H,22,25)/t10?,13?,17-/m1/s1. The minimum Gasteiger partial charge on any atom is -0.435 e. The molecule has 0 bridgehead atoms. The lowest BCUT2D eigenvalue weighted by Crippen LogP contribution is -2.71. The molecule has 0 saturated carbocycles. The second-order valence-electron chi connectivity index (χ2n) is 6.67. The van der Waals surface area contributed by atoms with Crippen LogP contribution in [0.3, 0.4) is 0 Å². The molecule has 1 fully saturated rings. The monoisotopic (exact) mass is 521 g/mol. The van der Waals surface area contributed by atoms with Gasteiger partial charge in [-0.1, -0.05) is 11.6 Å². The highest BCUT2D eigenvalue weighted by Crippen LogP contribution is 2.40. The third-order valence-corrected chi connectivity index (χ3v) is 6.04. The van der Waals surface area contributed by atoms with Crippen molar-refractivity contribution in [3.63, 3.8) is 0 Å². The minimum atomic E-state index is -1.69. The molecular weight excluding hydrogens is 498 g/mol. The van der Waals surface area contributed by atoms with E-state index in [0.29, 0.717) is 5.57 Å². The number of carbonyl (C=O) groups is 5. The van der Waals surface area contributed by atoms with E-state index >= 15 is 0 Å². The summed E-state index contributed by atoms with van der Waals surface area (Å²) in [5, 5.41) is 8.09. The van der Waals surface area contributed by atoms with Crippen molar-refractivity contribution >= 4 is 58.3 Å². The molecule has 13 nitrogen and oxygen atoms in total. The number of hydrogen-bond donors (Lipinski definition) is 2. The van der Waals surface area contributed by atoms with E-state index in [1.165, 1.54) is 18.9 Å². The highest BCUT2D eigenvalue weighted by atomic mass is 35.5. The fourth-order valence-electron chi connectivity index (χ4n) is 3.10. The van der Waals surface area contributed by atoms with Crippen molar-refractivity contribution in [2.45, 2.75) is 31.4 Å². The molecule has 0 aromatic heterocycles. The van der Waals surface area contributed by atoms with Gasteiger partial charge in [0, 0.05) is 19.5 Å². The molecule has 2 aliphatic rings. The average molecular weight is 522 g/mol. The lowest BCUT2D eigenvalue weighted by atomic mass is 10.0. The van der Waals surface area contributed by atoms with Crippen LogP contribution in [0.25, 0.3) is 0 Å². The lowest BCUT2D eigenvalue weighted by Gasteiger charge is -2.49. The third-order valence-electron chi connectivity index (χ3n) is 4.51. The van der Waals surface area contributed by atoms with Crippen LogP contribution < -0.4 is 5.32 Å². The molecular formula is C19H24ClN3O10S. The molecule has 2 aliphatic heterocycles. The van der Waals surface area contributed by atoms with Gasteiger partial charge in [-0.15, -0.1) is 11.8 Å². The summed E-state index contributed by atoms with van der Waals surface area (Å²) < 4.78 is 24.3. The van der Waals surface area contributed by atoms with Crippen molar-refractivity contribution < 1.29 is 47.7 Å². The third kappa shape index (κ3) is 6.25. The molecule has 2 heterocycles. The number of halogens is 1. The van der Waals surface area contributed by atoms with E-state index in [2.05, 4.69) is 14.8 Å². The zero-order valence-electron chi connectivity index (χ0n) is 18.6. The topological polar surface area (TPSA) is 171 Å². The van der Waals surface area contributed by atoms with Gasteiger partial charge < -0.3 is 29.0 Å². The van der Waals surface area contributed by atoms with E-state index in [1.807, 2.05) is 0 Å². The van der Waals surface area contributed by atoms with Gasteiger partial charge >= 0.3 is 12.1 Å². The molecule has 1 saturated heterocycles. The second kappa shape index (κ2) is 12.7. The number of ketones is 1. The summed E-state index contributed by atoms with van der Waals surface area (Å²) in [4.78, 5) is 62.5. The first-order chi connectivity index (χ1) is 16.2. The van der Waals surface area contributed by atoms with Crippen LogP contribution in [0.4, 0.5) is 4.79 Å². The Morgan fingerprint density at radius 3 is 2.50 bits per heavy atom. The first-order valence-corrected chi connectivity index (χ1v) is 11.4. The molecule has 15 heteroatoms. The molecule has 0 spiro atoms. The highest BCUT2D eigenvalue weighted by molar-refractivity contribution is 8.00. The summed E-state index contributed by atoms with van der Waals surface area (Å²) >= 11 is 6.65. The number of ether oxygens (including phenoxy) is 5. The van der Waals surface area contributed by atoms with Crippen LogP contribution in [0.1, 0.15) is 13.8 Å². The molecule has 2 amide bonds. The molecule has 0 aromatic rings. The number of amides is 2. The van der Waals surface area contributed by atoms with Crippen LogP contribution in [-0.4, -0.2) is 96.8 Å². The van der Waals surface area contributed by atoms with E-state index in [0.717, 1.165) is 4.90 Å². The molecule has 34 heavy (non-hydrogen) atoms. The van der Waals surface area contributed by atoms with E-state index in [-0.39, 0.29) is 31.3 Å². The van der Waals surface area contributed by atoms with Gasteiger partial charge in [-0.25, -0.2) is 9.59 Å². The van der Waals surface area contributed by atoms with Crippen molar-refractivity contribution in [2.24, 2.45) is 0 Å². The zero-order chi connectivity index (χ0) is 25.4. The number of Topliss-reactive ketones (excluding diaryl/α,β-unsaturated/α-hetero) is 1. The predicted molar refractivity (Wildman–Crippen MR) is 117 cm³/mol. The number of hydrogen-bond acceptors (Lipinski definition) is 12. The Hall–Kier alpha value is -2.68. The van der Waals surface area contributed by atoms with Gasteiger partial charge in [-0.3, -0.25) is 24.7 Å². The van der Waals surface area contributed by atoms with Crippen LogP contribution in [0.5, 0.6) is 0 Å². The number of rotatable bonds is 12. The van der Waals surface area contributed by atoms with Crippen molar-refractivity contribution in [3.05, 3.63) is 11.3 Å². The summed E-state index contributed by atoms with van der Waals surface area (Å²) in [6.45, 7) is 2.48. The summed E-state index contributed by atoms with van der Waals surface area (Å²) in [7, 11) is 1.41. The number of carbonyl (C=O) groups excluding carboxylic acids is 5. The largest absolute Gasteiger partial charge is 0.511 e. The van der Waals surface area contributed by atoms with Crippen molar-refractivity contribution in [3.8, 4) is 0 Å². The average Bonchev–Trinajstić information content (AvgIpc) is 2.80. The fraction of sp³-hybridized carbons (Fsp3) is 0.579. The Kier molecular flexibility index (Phi) is 10.3. The van der Waals surface area contributed by atoms with Gasteiger partial charge in [-0.2, -0.15) is 0 Å². The Morgan fingerprint density at radius 2 is 1.91 bits per heavy atom. The van der Waals surface area contributed by atoms with E-state index < -0.39 is 59.2 Å². The molecule has 2 N–H and O–H groups in total. The van der Waals surface area contributed by atoms with Gasteiger partial charge in [0.15, 0.2) is 5.17 Å². The molecule has 0 radical (unpaired) electrons. The van der Waals surface area contributed by atoms with Crippen LogP contribution in [0.2, 0.25) is 0 Å². The molecule has 0 aromatic carbocycles. The van der Waals surface area contributed by atoms with Gasteiger partial charge in [-0.05, 0) is 19.4 Å². The maximum absolute atomic E-state index is 12.9. The Balaban J connectivity index is 2.13. The first-order valence-electron chi connectivity index (χ1n) is 10.00. The van der Waals surface area contributed by atoms with E-state index in [4.69, 9.17) is 31.2 Å². The Labute approximate surface area is 203 Å². The maximum atomic E-state index is 12.9. The second-order valence-corrected chi connectivity index (χ2v) is 8.15. The van der Waals surface area contributed by atoms with E-state index in [1.54, 1.807) is 13.8 Å². The Bertz CT molecular complexity index is 896. The highest BCUT2D eigenvalue weighted by Gasteiger charge is 2.55. The first kappa shape index (κ1) is 27.6. The van der Waals surface area contributed by atoms with Gasteiger partial charge in [0.05, 0.1) is 13.2 Å². The van der Waals surface area contributed by atoms with Crippen LogP contribution in [0.15, 0.2) is 11.3 Å².